The van der Waals surface area contributed by atoms with Crippen LogP contribution >= 0.6 is 0 Å². The molecular weight excluding hydrogens is 257 g/mol. The van der Waals surface area contributed by atoms with Crippen molar-refractivity contribution >= 4 is 5.82 Å². The lowest BCUT2D eigenvalue weighted by molar-refractivity contribution is 0.178. The molecule has 0 aliphatic heterocycles. The van der Waals surface area contributed by atoms with Gasteiger partial charge in [-0.25, -0.2) is 14.4 Å². The van der Waals surface area contributed by atoms with E-state index in [2.05, 4.69) is 22.2 Å². The average molecular weight is 275 g/mol. The second kappa shape index (κ2) is 6.96. The molecule has 1 aromatic carbocycles. The zero-order chi connectivity index (χ0) is 14.4. The van der Waals surface area contributed by atoms with Crippen molar-refractivity contribution in [3.63, 3.8) is 0 Å². The van der Waals surface area contributed by atoms with Gasteiger partial charge in [0, 0.05) is 25.3 Å². The van der Waals surface area contributed by atoms with E-state index in [1.54, 1.807) is 19.2 Å². The van der Waals surface area contributed by atoms with E-state index in [-0.39, 0.29) is 5.82 Å². The number of nitrogens with zero attached hydrogens (tertiary/aromatic N) is 2. The second-order valence-electron chi connectivity index (χ2n) is 4.42. The third-order valence-electron chi connectivity index (χ3n) is 2.74. The van der Waals surface area contributed by atoms with Crippen LogP contribution in [0.25, 0.3) is 11.3 Å². The van der Waals surface area contributed by atoms with Crippen molar-refractivity contribution in [1.82, 2.24) is 9.97 Å². The lowest BCUT2D eigenvalue weighted by Gasteiger charge is -2.09. The Kier molecular flexibility index (Phi) is 5.01. The van der Waals surface area contributed by atoms with Gasteiger partial charge >= 0.3 is 0 Å². The topological polar surface area (TPSA) is 47.0 Å². The van der Waals surface area contributed by atoms with Gasteiger partial charge in [-0.2, -0.15) is 0 Å². The number of halogens is 1. The largest absolute Gasteiger partial charge is 0.377 e. The fourth-order valence-electron chi connectivity index (χ4n) is 1.80. The summed E-state index contributed by atoms with van der Waals surface area (Å²) in [6.07, 6.45) is 1.01. The Balaban J connectivity index is 2.34. The number of aromatic nitrogens is 2. The van der Waals surface area contributed by atoms with Gasteiger partial charge in [0.25, 0.3) is 0 Å². The quantitative estimate of drug-likeness (QED) is 0.879. The van der Waals surface area contributed by atoms with E-state index >= 15 is 0 Å². The normalized spacial score (nSPS) is 10.6. The number of hydrogen-bond donors (Lipinski definition) is 1. The number of benzene rings is 1. The van der Waals surface area contributed by atoms with Gasteiger partial charge in [-0.1, -0.05) is 6.92 Å². The van der Waals surface area contributed by atoms with Crippen LogP contribution in [0.4, 0.5) is 10.2 Å². The predicted octanol–water partition coefficient (Wildman–Crippen LogP) is 3.25. The van der Waals surface area contributed by atoms with Crippen LogP contribution in [0.1, 0.15) is 19.2 Å². The molecule has 0 atom stereocenters. The minimum atomic E-state index is -0.260. The zero-order valence-electron chi connectivity index (χ0n) is 11.7. The first-order valence-corrected chi connectivity index (χ1v) is 6.59. The molecule has 2 rings (SSSR count). The first-order valence-electron chi connectivity index (χ1n) is 6.59. The summed E-state index contributed by atoms with van der Waals surface area (Å²) in [5, 5.41) is 3.23. The molecule has 0 radical (unpaired) electrons. The van der Waals surface area contributed by atoms with E-state index in [9.17, 15) is 4.39 Å². The molecule has 2 aromatic rings. The first-order chi connectivity index (χ1) is 9.72. The van der Waals surface area contributed by atoms with E-state index < -0.39 is 0 Å². The summed E-state index contributed by atoms with van der Waals surface area (Å²) in [7, 11) is 1.60. The molecule has 0 aliphatic carbocycles. The van der Waals surface area contributed by atoms with Crippen molar-refractivity contribution in [3.05, 3.63) is 42.0 Å². The summed E-state index contributed by atoms with van der Waals surface area (Å²) in [5.74, 6) is 1.10. The maximum Gasteiger partial charge on any atom is 0.157 e. The monoisotopic (exact) mass is 275 g/mol. The average Bonchev–Trinajstić information content (AvgIpc) is 2.46. The summed E-state index contributed by atoms with van der Waals surface area (Å²) in [6, 6.07) is 8.12. The van der Waals surface area contributed by atoms with Crippen molar-refractivity contribution in [3.8, 4) is 11.3 Å². The molecule has 1 heterocycles. The third kappa shape index (κ3) is 3.74. The molecule has 4 nitrogen and oxygen atoms in total. The van der Waals surface area contributed by atoms with Crippen LogP contribution in [-0.2, 0) is 11.3 Å². The summed E-state index contributed by atoms with van der Waals surface area (Å²) < 4.78 is 18.1. The van der Waals surface area contributed by atoms with Crippen LogP contribution in [0, 0.1) is 5.82 Å². The summed E-state index contributed by atoms with van der Waals surface area (Å²) in [6.45, 7) is 3.27. The standard InChI is InChI=1S/C15H18FN3O/c1-3-8-17-14-9-13(18-15(19-14)10-20-2)11-4-6-12(16)7-5-11/h4-7,9H,3,8,10H2,1-2H3,(H,17,18,19). The number of hydrogen-bond acceptors (Lipinski definition) is 4. The highest BCUT2D eigenvalue weighted by atomic mass is 19.1. The van der Waals surface area contributed by atoms with Gasteiger partial charge in [0.05, 0.1) is 5.69 Å². The smallest absolute Gasteiger partial charge is 0.157 e. The molecule has 20 heavy (non-hydrogen) atoms. The van der Waals surface area contributed by atoms with Crippen molar-refractivity contribution in [2.75, 3.05) is 19.0 Å². The predicted molar refractivity (Wildman–Crippen MR) is 76.9 cm³/mol. The molecule has 0 aliphatic rings. The SMILES string of the molecule is CCCNc1cc(-c2ccc(F)cc2)nc(COC)n1. The first kappa shape index (κ1) is 14.4. The molecule has 0 bridgehead atoms. The highest BCUT2D eigenvalue weighted by Gasteiger charge is 2.07. The van der Waals surface area contributed by atoms with Gasteiger partial charge in [0.1, 0.15) is 18.2 Å². The van der Waals surface area contributed by atoms with Gasteiger partial charge in [0.2, 0.25) is 0 Å². The maximum atomic E-state index is 13.0. The Labute approximate surface area is 118 Å². The van der Waals surface area contributed by atoms with Crippen molar-refractivity contribution in [2.45, 2.75) is 20.0 Å². The third-order valence-corrected chi connectivity index (χ3v) is 2.74. The fraction of sp³-hybridized carbons (Fsp3) is 0.333. The highest BCUT2D eigenvalue weighted by Crippen LogP contribution is 2.20. The Morgan fingerprint density at radius 2 is 1.95 bits per heavy atom. The Hall–Kier alpha value is -2.01. The molecular formula is C15H18FN3O. The second-order valence-corrected chi connectivity index (χ2v) is 4.42. The molecule has 0 saturated heterocycles. The minimum Gasteiger partial charge on any atom is -0.377 e. The van der Waals surface area contributed by atoms with Gasteiger partial charge in [-0.05, 0) is 30.7 Å². The molecule has 0 spiro atoms. The molecule has 5 heteroatoms. The maximum absolute atomic E-state index is 13.0. The van der Waals surface area contributed by atoms with E-state index in [4.69, 9.17) is 4.74 Å². The molecule has 0 fully saturated rings. The van der Waals surface area contributed by atoms with Crippen LogP contribution in [-0.4, -0.2) is 23.6 Å². The fourth-order valence-corrected chi connectivity index (χ4v) is 1.80. The van der Waals surface area contributed by atoms with Crippen LogP contribution in [0.2, 0.25) is 0 Å². The number of rotatable bonds is 6. The van der Waals surface area contributed by atoms with Gasteiger partial charge in [-0.15, -0.1) is 0 Å². The highest BCUT2D eigenvalue weighted by molar-refractivity contribution is 5.62. The number of nitrogens with one attached hydrogen (secondary N) is 1. The Bertz CT molecular complexity index is 558. The van der Waals surface area contributed by atoms with E-state index in [1.165, 1.54) is 12.1 Å². The summed E-state index contributed by atoms with van der Waals surface area (Å²) in [4.78, 5) is 8.81. The lowest BCUT2D eigenvalue weighted by atomic mass is 10.1. The van der Waals surface area contributed by atoms with Gasteiger partial charge in [-0.3, -0.25) is 0 Å². The summed E-state index contributed by atoms with van der Waals surface area (Å²) >= 11 is 0. The minimum absolute atomic E-state index is 0.260. The van der Waals surface area contributed by atoms with Crippen LogP contribution in [0.15, 0.2) is 30.3 Å². The van der Waals surface area contributed by atoms with Crippen molar-refractivity contribution in [2.24, 2.45) is 0 Å². The lowest BCUT2D eigenvalue weighted by Crippen LogP contribution is -2.06. The number of ether oxygens (including phenoxy) is 1. The molecule has 106 valence electrons. The molecule has 1 aromatic heterocycles. The Morgan fingerprint density at radius 1 is 1.20 bits per heavy atom. The molecule has 0 amide bonds. The van der Waals surface area contributed by atoms with Crippen LogP contribution in [0.3, 0.4) is 0 Å². The van der Waals surface area contributed by atoms with E-state index in [0.29, 0.717) is 12.4 Å². The number of anilines is 1. The van der Waals surface area contributed by atoms with Crippen molar-refractivity contribution in [1.29, 1.82) is 0 Å². The van der Waals surface area contributed by atoms with Crippen molar-refractivity contribution < 1.29 is 9.13 Å². The molecule has 1 N–H and O–H groups in total. The Morgan fingerprint density at radius 3 is 2.60 bits per heavy atom. The molecule has 0 saturated carbocycles. The number of methoxy groups -OCH3 is 1. The zero-order valence-corrected chi connectivity index (χ0v) is 11.7. The van der Waals surface area contributed by atoms with Gasteiger partial charge < -0.3 is 10.1 Å². The molecule has 0 unspecified atom stereocenters. The van der Waals surface area contributed by atoms with E-state index in [1.807, 2.05) is 6.07 Å². The van der Waals surface area contributed by atoms with E-state index in [0.717, 1.165) is 30.0 Å². The van der Waals surface area contributed by atoms with Gasteiger partial charge in [0.15, 0.2) is 5.82 Å². The summed E-state index contributed by atoms with van der Waals surface area (Å²) in [5.41, 5.74) is 1.61. The van der Waals surface area contributed by atoms with Crippen LogP contribution < -0.4 is 5.32 Å². The van der Waals surface area contributed by atoms with Crippen LogP contribution in [0.5, 0.6) is 0 Å².